The average Bonchev–Trinajstić information content (AvgIpc) is 2.61. The van der Waals surface area contributed by atoms with Gasteiger partial charge in [-0.3, -0.25) is 9.00 Å². The van der Waals surface area contributed by atoms with Gasteiger partial charge < -0.3 is 16.0 Å². The minimum atomic E-state index is -0.963. The second-order valence-electron chi connectivity index (χ2n) is 5.57. The number of amides is 3. The predicted molar refractivity (Wildman–Crippen MR) is 106 cm³/mol. The summed E-state index contributed by atoms with van der Waals surface area (Å²) in [5, 5.41) is 8.08. The molecule has 0 aliphatic carbocycles. The van der Waals surface area contributed by atoms with Crippen LogP contribution in [0.25, 0.3) is 0 Å². The van der Waals surface area contributed by atoms with Crippen molar-refractivity contribution >= 4 is 34.1 Å². The highest BCUT2D eigenvalue weighted by atomic mass is 32.2. The van der Waals surface area contributed by atoms with Crippen molar-refractivity contribution in [3.8, 4) is 0 Å². The molecule has 0 saturated carbocycles. The molecule has 0 aliphatic heterocycles. The van der Waals surface area contributed by atoms with E-state index in [-0.39, 0.29) is 11.9 Å². The number of hydrogen-bond acceptors (Lipinski definition) is 3. The summed E-state index contributed by atoms with van der Waals surface area (Å²) in [6, 6.07) is 13.5. The van der Waals surface area contributed by atoms with Crippen LogP contribution in [0.2, 0.25) is 0 Å². The fourth-order valence-electron chi connectivity index (χ4n) is 2.22. The smallest absolute Gasteiger partial charge is 0.319 e. The molecular formula is C19H21N3O3S. The molecule has 6 nitrogen and oxygen atoms in total. The summed E-state index contributed by atoms with van der Waals surface area (Å²) in [4.78, 5) is 23.9. The monoisotopic (exact) mass is 371 g/mol. The lowest BCUT2D eigenvalue weighted by molar-refractivity contribution is 0.102. The first-order valence-electron chi connectivity index (χ1n) is 7.94. The molecule has 0 fully saturated rings. The van der Waals surface area contributed by atoms with Gasteiger partial charge in [0, 0.05) is 46.3 Å². The van der Waals surface area contributed by atoms with E-state index in [9.17, 15) is 13.8 Å². The van der Waals surface area contributed by atoms with Crippen molar-refractivity contribution in [2.75, 3.05) is 23.4 Å². The SMILES string of the molecule is C=CCNC(=O)Nc1ccc(NC(=O)c2cccc(CS(C)=O)c2)cc1. The molecule has 1 atom stereocenters. The van der Waals surface area contributed by atoms with E-state index in [1.165, 1.54) is 0 Å². The van der Waals surface area contributed by atoms with Crippen LogP contribution in [0, 0.1) is 0 Å². The minimum absolute atomic E-state index is 0.252. The number of urea groups is 1. The molecule has 0 bridgehead atoms. The molecule has 2 rings (SSSR count). The summed E-state index contributed by atoms with van der Waals surface area (Å²) in [5.41, 5.74) is 2.57. The van der Waals surface area contributed by atoms with Crippen LogP contribution in [0.5, 0.6) is 0 Å². The van der Waals surface area contributed by atoms with E-state index in [1.54, 1.807) is 54.8 Å². The standard InChI is InChI=1S/C19H21N3O3S/c1-3-11-20-19(24)22-17-9-7-16(8-10-17)21-18(23)15-6-4-5-14(12-15)13-26(2)25/h3-10,12H,1,11,13H2,2H3,(H,21,23)(H2,20,22,24). The number of benzene rings is 2. The van der Waals surface area contributed by atoms with Crippen LogP contribution in [0.15, 0.2) is 61.2 Å². The van der Waals surface area contributed by atoms with Gasteiger partial charge in [-0.05, 0) is 42.0 Å². The number of carbonyl (C=O) groups is 2. The van der Waals surface area contributed by atoms with Gasteiger partial charge in [0.2, 0.25) is 0 Å². The first-order valence-corrected chi connectivity index (χ1v) is 9.67. The maximum absolute atomic E-state index is 12.4. The Morgan fingerprint density at radius 1 is 1.08 bits per heavy atom. The van der Waals surface area contributed by atoms with Crippen LogP contribution < -0.4 is 16.0 Å². The van der Waals surface area contributed by atoms with E-state index >= 15 is 0 Å². The Morgan fingerprint density at radius 2 is 1.73 bits per heavy atom. The zero-order valence-electron chi connectivity index (χ0n) is 14.5. The maximum Gasteiger partial charge on any atom is 0.319 e. The van der Waals surface area contributed by atoms with Crippen LogP contribution in [0.4, 0.5) is 16.2 Å². The lowest BCUT2D eigenvalue weighted by Gasteiger charge is -2.09. The van der Waals surface area contributed by atoms with Gasteiger partial charge in [0.05, 0.1) is 0 Å². The average molecular weight is 371 g/mol. The van der Waals surface area contributed by atoms with E-state index in [0.29, 0.717) is 29.2 Å². The van der Waals surface area contributed by atoms with Crippen molar-refractivity contribution in [1.82, 2.24) is 5.32 Å². The summed E-state index contributed by atoms with van der Waals surface area (Å²) < 4.78 is 11.3. The van der Waals surface area contributed by atoms with Crippen molar-refractivity contribution < 1.29 is 13.8 Å². The molecule has 7 heteroatoms. The van der Waals surface area contributed by atoms with Crippen molar-refractivity contribution in [3.05, 3.63) is 72.3 Å². The highest BCUT2D eigenvalue weighted by Crippen LogP contribution is 2.15. The van der Waals surface area contributed by atoms with Gasteiger partial charge in [0.1, 0.15) is 0 Å². The lowest BCUT2D eigenvalue weighted by Crippen LogP contribution is -2.28. The van der Waals surface area contributed by atoms with Gasteiger partial charge >= 0.3 is 6.03 Å². The highest BCUT2D eigenvalue weighted by Gasteiger charge is 2.08. The highest BCUT2D eigenvalue weighted by molar-refractivity contribution is 7.83. The minimum Gasteiger partial charge on any atom is -0.334 e. The van der Waals surface area contributed by atoms with Gasteiger partial charge in [-0.25, -0.2) is 4.79 Å². The third kappa shape index (κ3) is 6.18. The molecule has 1 unspecified atom stereocenters. The van der Waals surface area contributed by atoms with Crippen molar-refractivity contribution in [3.63, 3.8) is 0 Å². The molecular weight excluding hydrogens is 350 g/mol. The van der Waals surface area contributed by atoms with Crippen LogP contribution in [-0.4, -0.2) is 28.9 Å². The fraction of sp³-hybridized carbons (Fsp3) is 0.158. The number of carbonyl (C=O) groups excluding carboxylic acids is 2. The van der Waals surface area contributed by atoms with Gasteiger partial charge in [-0.2, -0.15) is 0 Å². The molecule has 0 aromatic heterocycles. The normalized spacial score (nSPS) is 11.3. The molecule has 0 radical (unpaired) electrons. The van der Waals surface area contributed by atoms with Crippen molar-refractivity contribution in [2.45, 2.75) is 5.75 Å². The van der Waals surface area contributed by atoms with E-state index in [4.69, 9.17) is 0 Å². The van der Waals surface area contributed by atoms with Gasteiger partial charge in [-0.15, -0.1) is 6.58 Å². The Balaban J connectivity index is 1.98. The Morgan fingerprint density at radius 3 is 2.35 bits per heavy atom. The summed E-state index contributed by atoms with van der Waals surface area (Å²) in [6.07, 6.45) is 3.21. The van der Waals surface area contributed by atoms with Gasteiger partial charge in [0.15, 0.2) is 0 Å². The van der Waals surface area contributed by atoms with E-state index in [1.807, 2.05) is 6.07 Å². The lowest BCUT2D eigenvalue weighted by atomic mass is 10.1. The number of anilines is 2. The molecule has 0 aliphatic rings. The number of rotatable bonds is 7. The molecule has 3 amide bonds. The van der Waals surface area contributed by atoms with E-state index < -0.39 is 10.8 Å². The van der Waals surface area contributed by atoms with Crippen LogP contribution >= 0.6 is 0 Å². The largest absolute Gasteiger partial charge is 0.334 e. The molecule has 3 N–H and O–H groups in total. The van der Waals surface area contributed by atoms with E-state index in [2.05, 4.69) is 22.5 Å². The third-order valence-electron chi connectivity index (χ3n) is 3.37. The second-order valence-corrected chi connectivity index (χ2v) is 7.01. The Bertz CT molecular complexity index is 819. The number of hydrogen-bond donors (Lipinski definition) is 3. The summed E-state index contributed by atoms with van der Waals surface area (Å²) in [7, 11) is -0.963. The van der Waals surface area contributed by atoms with E-state index in [0.717, 1.165) is 5.56 Å². The zero-order valence-corrected chi connectivity index (χ0v) is 15.3. The molecule has 0 saturated heterocycles. The number of nitrogens with one attached hydrogen (secondary N) is 3. The Kier molecular flexibility index (Phi) is 7.11. The van der Waals surface area contributed by atoms with Gasteiger partial charge in [-0.1, -0.05) is 18.2 Å². The van der Waals surface area contributed by atoms with Crippen LogP contribution in [-0.2, 0) is 16.6 Å². The summed E-state index contributed by atoms with van der Waals surface area (Å²) in [6.45, 7) is 3.90. The second kappa shape index (κ2) is 9.53. The van der Waals surface area contributed by atoms with Crippen molar-refractivity contribution in [2.24, 2.45) is 0 Å². The molecule has 2 aromatic rings. The topological polar surface area (TPSA) is 87.3 Å². The Labute approximate surface area is 155 Å². The molecule has 136 valence electrons. The fourth-order valence-corrected chi connectivity index (χ4v) is 2.87. The molecule has 0 heterocycles. The predicted octanol–water partition coefficient (Wildman–Crippen LogP) is 3.12. The molecule has 2 aromatic carbocycles. The summed E-state index contributed by atoms with van der Waals surface area (Å²) >= 11 is 0. The van der Waals surface area contributed by atoms with Gasteiger partial charge in [0.25, 0.3) is 5.91 Å². The zero-order chi connectivity index (χ0) is 18.9. The quantitative estimate of drug-likeness (QED) is 0.654. The molecule has 26 heavy (non-hydrogen) atoms. The molecule has 0 spiro atoms. The maximum atomic E-state index is 12.4. The Hall–Kier alpha value is -2.93. The van der Waals surface area contributed by atoms with Crippen molar-refractivity contribution in [1.29, 1.82) is 0 Å². The van der Waals surface area contributed by atoms with Crippen LogP contribution in [0.3, 0.4) is 0 Å². The first kappa shape index (κ1) is 19.4. The van der Waals surface area contributed by atoms with Crippen LogP contribution in [0.1, 0.15) is 15.9 Å². The summed E-state index contributed by atoms with van der Waals surface area (Å²) in [5.74, 6) is 0.160. The third-order valence-corrected chi connectivity index (χ3v) is 4.11. The first-order chi connectivity index (χ1) is 12.5.